The Morgan fingerprint density at radius 1 is 1.31 bits per heavy atom. The number of nitro benzene ring substituents is 1. The zero-order chi connectivity index (χ0) is 20.0. The Hall–Kier alpha value is -2.21. The quantitative estimate of drug-likeness (QED) is 0.604. The topological polar surface area (TPSA) is 115 Å². The third-order valence-corrected chi connectivity index (χ3v) is 4.37. The van der Waals surface area contributed by atoms with Gasteiger partial charge in [0.2, 0.25) is 0 Å². The minimum absolute atomic E-state index is 0.270. The molecule has 1 aromatic heterocycles. The predicted octanol–water partition coefficient (Wildman–Crippen LogP) is 3.43. The monoisotopic (exact) mass is 412 g/mol. The summed E-state index contributed by atoms with van der Waals surface area (Å²) in [6, 6.07) is 0.535. The second kappa shape index (κ2) is 6.50. The molecule has 0 amide bonds. The van der Waals surface area contributed by atoms with Crippen LogP contribution < -0.4 is 5.32 Å². The van der Waals surface area contributed by atoms with Gasteiger partial charge in [0.25, 0.3) is 0 Å². The van der Waals surface area contributed by atoms with Gasteiger partial charge in [0.05, 0.1) is 10.4 Å². The van der Waals surface area contributed by atoms with E-state index in [-0.39, 0.29) is 11.9 Å². The Labute approximate surface area is 150 Å². The molecule has 13 heteroatoms. The summed E-state index contributed by atoms with van der Waals surface area (Å²) >= 11 is 5.65. The Morgan fingerprint density at radius 3 is 2.31 bits per heavy atom. The third-order valence-electron chi connectivity index (χ3n) is 3.10. The van der Waals surface area contributed by atoms with E-state index in [2.05, 4.69) is 15.3 Å². The lowest BCUT2D eigenvalue weighted by Gasteiger charge is -2.16. The number of hydrogen-bond donors (Lipinski definition) is 1. The molecule has 0 radical (unpaired) electrons. The molecule has 0 aliphatic rings. The molecule has 1 N–H and O–H groups in total. The number of alkyl halides is 3. The molecule has 0 spiro atoms. The van der Waals surface area contributed by atoms with Gasteiger partial charge in [-0.15, -0.1) is 0 Å². The van der Waals surface area contributed by atoms with Gasteiger partial charge in [-0.3, -0.25) is 10.1 Å². The van der Waals surface area contributed by atoms with Gasteiger partial charge >= 0.3 is 11.9 Å². The average Bonchev–Trinajstić information content (AvgIpc) is 2.41. The number of rotatable bonds is 4. The normalized spacial score (nSPS) is 12.6. The molecule has 1 heterocycles. The molecular formula is C13H12ClF3N4O4S. The van der Waals surface area contributed by atoms with Crippen molar-refractivity contribution >= 4 is 44.0 Å². The summed E-state index contributed by atoms with van der Waals surface area (Å²) < 4.78 is 64.3. The Morgan fingerprint density at radius 2 is 1.88 bits per heavy atom. The van der Waals surface area contributed by atoms with Crippen LogP contribution in [-0.4, -0.2) is 35.6 Å². The van der Waals surface area contributed by atoms with E-state index in [0.717, 1.165) is 12.3 Å². The van der Waals surface area contributed by atoms with Crippen LogP contribution in [0.1, 0.15) is 19.4 Å². The highest BCUT2D eigenvalue weighted by atomic mass is 35.5. The van der Waals surface area contributed by atoms with Crippen molar-refractivity contribution in [2.45, 2.75) is 31.1 Å². The lowest BCUT2D eigenvalue weighted by molar-refractivity contribution is -0.387. The van der Waals surface area contributed by atoms with Crippen molar-refractivity contribution in [3.63, 3.8) is 0 Å². The molecule has 0 fully saturated rings. The summed E-state index contributed by atoms with van der Waals surface area (Å²) in [7, 11) is -4.08. The van der Waals surface area contributed by atoms with Crippen LogP contribution in [0.15, 0.2) is 11.1 Å². The van der Waals surface area contributed by atoms with Crippen LogP contribution in [0, 0.1) is 10.1 Å². The maximum Gasteiger partial charge on any atom is 0.425 e. The van der Waals surface area contributed by atoms with Crippen molar-refractivity contribution < 1.29 is 26.5 Å². The first-order chi connectivity index (χ1) is 11.7. The van der Waals surface area contributed by atoms with E-state index >= 15 is 0 Å². The fourth-order valence-corrected chi connectivity index (χ4v) is 3.19. The smallest absolute Gasteiger partial charge is 0.365 e. The van der Waals surface area contributed by atoms with E-state index in [0.29, 0.717) is 0 Å². The van der Waals surface area contributed by atoms with Crippen LogP contribution in [-0.2, 0) is 16.0 Å². The van der Waals surface area contributed by atoms with Gasteiger partial charge in [0, 0.05) is 12.3 Å². The molecule has 0 atom stereocenters. The van der Waals surface area contributed by atoms with Crippen molar-refractivity contribution in [3.05, 3.63) is 26.8 Å². The number of hydrogen-bond acceptors (Lipinski definition) is 7. The fourth-order valence-electron chi connectivity index (χ4n) is 2.21. The molecule has 2 aromatic rings. The van der Waals surface area contributed by atoms with Crippen molar-refractivity contribution in [2.24, 2.45) is 0 Å². The van der Waals surface area contributed by atoms with Crippen molar-refractivity contribution in [3.8, 4) is 0 Å². The first-order valence-electron chi connectivity index (χ1n) is 6.96. The van der Waals surface area contributed by atoms with Gasteiger partial charge in [0.1, 0.15) is 10.5 Å². The zero-order valence-corrected chi connectivity index (χ0v) is 15.1. The van der Waals surface area contributed by atoms with Crippen LogP contribution in [0.25, 0.3) is 11.0 Å². The molecule has 0 unspecified atom stereocenters. The second-order valence-corrected chi connectivity index (χ2v) is 7.99. The highest BCUT2D eigenvalue weighted by Crippen LogP contribution is 2.44. The fraction of sp³-hybridized carbons (Fsp3) is 0.385. The minimum atomic E-state index is -5.21. The number of nitrogens with zero attached hydrogens (tertiary/aromatic N) is 3. The van der Waals surface area contributed by atoms with E-state index in [1.807, 2.05) is 0 Å². The van der Waals surface area contributed by atoms with Crippen LogP contribution in [0.2, 0.25) is 5.02 Å². The number of aromatic nitrogens is 2. The summed E-state index contributed by atoms with van der Waals surface area (Å²) in [5.74, 6) is -0.270. The van der Waals surface area contributed by atoms with E-state index in [9.17, 15) is 31.7 Å². The molecule has 0 bridgehead atoms. The molecule has 0 saturated heterocycles. The van der Waals surface area contributed by atoms with Crippen molar-refractivity contribution in [1.82, 2.24) is 9.97 Å². The number of sulfone groups is 1. The predicted molar refractivity (Wildman–Crippen MR) is 88.1 cm³/mol. The molecule has 0 aliphatic heterocycles. The van der Waals surface area contributed by atoms with Gasteiger partial charge in [-0.1, -0.05) is 11.6 Å². The molecule has 1 aromatic carbocycles. The Bertz CT molecular complexity index is 1010. The van der Waals surface area contributed by atoms with Crippen LogP contribution in [0.5, 0.6) is 0 Å². The third kappa shape index (κ3) is 3.80. The standard InChI is InChI=1S/C13H12ClF3N4O4S/c1-5(2)18-11-12(26(3,24)25)20-9-7(19-11)4-6(14)10(21(22)23)8(9)13(15,16)17/h4-5H,1-3H3,(H,18,19). The number of benzene rings is 1. The number of nitro groups is 1. The SMILES string of the molecule is CC(C)Nc1nc2cc(Cl)c([N+](=O)[O-])c(C(F)(F)F)c2nc1S(C)(=O)=O. The highest BCUT2D eigenvalue weighted by molar-refractivity contribution is 7.90. The second-order valence-electron chi connectivity index (χ2n) is 5.65. The maximum atomic E-state index is 13.5. The molecule has 0 saturated carbocycles. The Balaban J connectivity index is 3.06. The van der Waals surface area contributed by atoms with E-state index < -0.39 is 53.3 Å². The van der Waals surface area contributed by atoms with Crippen LogP contribution in [0.4, 0.5) is 24.7 Å². The summed E-state index contributed by atoms with van der Waals surface area (Å²) in [5.41, 5.74) is -4.56. The van der Waals surface area contributed by atoms with Gasteiger partial charge in [-0.05, 0) is 19.9 Å². The summed E-state index contributed by atoms with van der Waals surface area (Å²) in [5, 5.41) is 12.2. The number of fused-ring (bicyclic) bond motifs is 1. The first-order valence-corrected chi connectivity index (χ1v) is 9.22. The summed E-state index contributed by atoms with van der Waals surface area (Å²) in [6.07, 6.45) is -4.46. The van der Waals surface area contributed by atoms with Crippen molar-refractivity contribution in [1.29, 1.82) is 0 Å². The summed E-state index contributed by atoms with van der Waals surface area (Å²) in [6.45, 7) is 3.31. The molecule has 2 rings (SSSR count). The van der Waals surface area contributed by atoms with Crippen LogP contribution >= 0.6 is 11.6 Å². The number of nitrogens with one attached hydrogen (secondary N) is 1. The van der Waals surface area contributed by atoms with Gasteiger partial charge in [-0.25, -0.2) is 18.4 Å². The lowest BCUT2D eigenvalue weighted by atomic mass is 10.1. The number of halogens is 4. The lowest BCUT2D eigenvalue weighted by Crippen LogP contribution is -2.18. The van der Waals surface area contributed by atoms with Gasteiger partial charge in [0.15, 0.2) is 26.2 Å². The molecule has 26 heavy (non-hydrogen) atoms. The maximum absolute atomic E-state index is 13.5. The van der Waals surface area contributed by atoms with Crippen molar-refractivity contribution in [2.75, 3.05) is 11.6 Å². The largest absolute Gasteiger partial charge is 0.425 e. The van der Waals surface area contributed by atoms with Gasteiger partial charge in [-0.2, -0.15) is 13.2 Å². The highest BCUT2D eigenvalue weighted by Gasteiger charge is 2.43. The molecule has 8 nitrogen and oxygen atoms in total. The number of anilines is 1. The summed E-state index contributed by atoms with van der Waals surface area (Å²) in [4.78, 5) is 17.2. The Kier molecular flexibility index (Phi) is 5.03. The average molecular weight is 413 g/mol. The zero-order valence-electron chi connectivity index (χ0n) is 13.5. The van der Waals surface area contributed by atoms with E-state index in [1.165, 1.54) is 0 Å². The van der Waals surface area contributed by atoms with Crippen LogP contribution in [0.3, 0.4) is 0 Å². The van der Waals surface area contributed by atoms with Gasteiger partial charge < -0.3 is 5.32 Å². The minimum Gasteiger partial charge on any atom is -0.365 e. The first kappa shape index (κ1) is 20.1. The molecule has 0 aliphatic carbocycles. The van der Waals surface area contributed by atoms with E-state index in [1.54, 1.807) is 13.8 Å². The molecular weight excluding hydrogens is 401 g/mol. The van der Waals surface area contributed by atoms with E-state index in [4.69, 9.17) is 11.6 Å². The molecule has 142 valence electrons.